The lowest BCUT2D eigenvalue weighted by Crippen LogP contribution is -2.43. The lowest BCUT2D eigenvalue weighted by molar-refractivity contribution is -0.142. The molecule has 0 spiro atoms. The SMILES string of the molecule is O=C(O)C1CC2CCCCC2N1C1CC1. The first-order valence-corrected chi connectivity index (χ1v) is 6.27. The van der Waals surface area contributed by atoms with Crippen LogP contribution in [0.1, 0.15) is 44.9 Å². The lowest BCUT2D eigenvalue weighted by atomic mass is 9.85. The van der Waals surface area contributed by atoms with Crippen LogP contribution in [-0.4, -0.2) is 34.1 Å². The van der Waals surface area contributed by atoms with E-state index in [1.54, 1.807) is 0 Å². The van der Waals surface area contributed by atoms with Crippen molar-refractivity contribution in [3.05, 3.63) is 0 Å². The fraction of sp³-hybridized carbons (Fsp3) is 0.917. The maximum Gasteiger partial charge on any atom is 0.320 e. The predicted octanol–water partition coefficient (Wildman–Crippen LogP) is 1.87. The van der Waals surface area contributed by atoms with Gasteiger partial charge < -0.3 is 5.11 Å². The van der Waals surface area contributed by atoms with E-state index < -0.39 is 5.97 Å². The molecule has 3 nitrogen and oxygen atoms in total. The van der Waals surface area contributed by atoms with Gasteiger partial charge in [0.2, 0.25) is 0 Å². The van der Waals surface area contributed by atoms with E-state index in [0.29, 0.717) is 18.0 Å². The molecule has 0 aromatic rings. The predicted molar refractivity (Wildman–Crippen MR) is 56.6 cm³/mol. The second-order valence-electron chi connectivity index (χ2n) is 5.38. The Kier molecular flexibility index (Phi) is 2.23. The van der Waals surface area contributed by atoms with Gasteiger partial charge in [0.05, 0.1) is 0 Å². The summed E-state index contributed by atoms with van der Waals surface area (Å²) in [6.45, 7) is 0. The first-order chi connectivity index (χ1) is 7.27. The summed E-state index contributed by atoms with van der Waals surface area (Å²) in [4.78, 5) is 13.6. The van der Waals surface area contributed by atoms with Crippen LogP contribution in [0.25, 0.3) is 0 Å². The Morgan fingerprint density at radius 1 is 1.13 bits per heavy atom. The first kappa shape index (κ1) is 9.64. The molecule has 0 aromatic heterocycles. The van der Waals surface area contributed by atoms with E-state index in [4.69, 9.17) is 0 Å². The maximum atomic E-state index is 11.2. The van der Waals surface area contributed by atoms with Crippen LogP contribution < -0.4 is 0 Å². The summed E-state index contributed by atoms with van der Waals surface area (Å²) >= 11 is 0. The average molecular weight is 209 g/mol. The molecule has 0 aromatic carbocycles. The molecule has 1 N–H and O–H groups in total. The Hall–Kier alpha value is -0.570. The van der Waals surface area contributed by atoms with Crippen molar-refractivity contribution >= 4 is 5.97 Å². The molecule has 0 amide bonds. The fourth-order valence-corrected chi connectivity index (χ4v) is 3.62. The minimum absolute atomic E-state index is 0.161. The number of carboxylic acid groups (broad SMARTS) is 1. The molecular weight excluding hydrogens is 190 g/mol. The van der Waals surface area contributed by atoms with Crippen LogP contribution in [0.4, 0.5) is 0 Å². The second-order valence-corrected chi connectivity index (χ2v) is 5.38. The third kappa shape index (κ3) is 1.57. The average Bonchev–Trinajstić information content (AvgIpc) is 2.98. The quantitative estimate of drug-likeness (QED) is 0.754. The summed E-state index contributed by atoms with van der Waals surface area (Å²) in [5.74, 6) is 0.0942. The molecule has 1 aliphatic heterocycles. The Labute approximate surface area is 90.5 Å². The topological polar surface area (TPSA) is 40.5 Å². The van der Waals surface area contributed by atoms with Crippen LogP contribution in [0.15, 0.2) is 0 Å². The van der Waals surface area contributed by atoms with Gasteiger partial charge in [-0.3, -0.25) is 9.69 Å². The van der Waals surface area contributed by atoms with Crippen molar-refractivity contribution < 1.29 is 9.90 Å². The van der Waals surface area contributed by atoms with Crippen molar-refractivity contribution in [3.63, 3.8) is 0 Å². The van der Waals surface area contributed by atoms with Crippen molar-refractivity contribution in [1.29, 1.82) is 0 Å². The molecule has 0 bridgehead atoms. The molecule has 3 heteroatoms. The van der Waals surface area contributed by atoms with Crippen molar-refractivity contribution in [3.8, 4) is 0 Å². The number of hydrogen-bond acceptors (Lipinski definition) is 2. The zero-order chi connectivity index (χ0) is 10.4. The van der Waals surface area contributed by atoms with Gasteiger partial charge in [0.15, 0.2) is 0 Å². The van der Waals surface area contributed by atoms with E-state index in [1.807, 2.05) is 0 Å². The van der Waals surface area contributed by atoms with Crippen LogP contribution >= 0.6 is 0 Å². The van der Waals surface area contributed by atoms with Gasteiger partial charge in [-0.2, -0.15) is 0 Å². The number of likely N-dealkylation sites (tertiary alicyclic amines) is 1. The van der Waals surface area contributed by atoms with Crippen molar-refractivity contribution in [2.45, 2.75) is 63.1 Å². The monoisotopic (exact) mass is 209 g/mol. The Morgan fingerprint density at radius 3 is 2.53 bits per heavy atom. The number of rotatable bonds is 2. The van der Waals surface area contributed by atoms with E-state index in [-0.39, 0.29) is 6.04 Å². The minimum Gasteiger partial charge on any atom is -0.480 e. The summed E-state index contributed by atoms with van der Waals surface area (Å²) < 4.78 is 0. The summed E-state index contributed by atoms with van der Waals surface area (Å²) in [7, 11) is 0. The molecule has 3 rings (SSSR count). The molecule has 3 aliphatic rings. The normalized spacial score (nSPS) is 41.5. The Morgan fingerprint density at radius 2 is 1.87 bits per heavy atom. The highest BCUT2D eigenvalue weighted by Crippen LogP contribution is 2.45. The number of aliphatic carboxylic acids is 1. The summed E-state index contributed by atoms with van der Waals surface area (Å²) in [5.41, 5.74) is 0. The minimum atomic E-state index is -0.587. The number of fused-ring (bicyclic) bond motifs is 1. The van der Waals surface area contributed by atoms with Crippen LogP contribution in [0.2, 0.25) is 0 Å². The van der Waals surface area contributed by atoms with Gasteiger partial charge in [0, 0.05) is 12.1 Å². The lowest BCUT2D eigenvalue weighted by Gasteiger charge is -2.32. The van der Waals surface area contributed by atoms with Gasteiger partial charge in [-0.1, -0.05) is 12.8 Å². The zero-order valence-corrected chi connectivity index (χ0v) is 9.06. The van der Waals surface area contributed by atoms with E-state index in [1.165, 1.54) is 38.5 Å². The molecular formula is C12H19NO2. The van der Waals surface area contributed by atoms with Crippen LogP contribution in [0, 0.1) is 5.92 Å². The molecule has 1 heterocycles. The largest absolute Gasteiger partial charge is 0.480 e. The summed E-state index contributed by atoms with van der Waals surface area (Å²) in [6, 6.07) is 1.05. The summed E-state index contributed by atoms with van der Waals surface area (Å²) in [6.07, 6.45) is 8.49. The van der Waals surface area contributed by atoms with Crippen molar-refractivity contribution in [1.82, 2.24) is 4.90 Å². The number of nitrogens with zero attached hydrogens (tertiary/aromatic N) is 1. The molecule has 3 atom stereocenters. The zero-order valence-electron chi connectivity index (χ0n) is 9.06. The third-order valence-electron chi connectivity index (χ3n) is 4.39. The van der Waals surface area contributed by atoms with Gasteiger partial charge >= 0.3 is 5.97 Å². The highest BCUT2D eigenvalue weighted by molar-refractivity contribution is 5.74. The van der Waals surface area contributed by atoms with Crippen LogP contribution in [0.3, 0.4) is 0 Å². The fourth-order valence-electron chi connectivity index (χ4n) is 3.62. The van der Waals surface area contributed by atoms with Crippen molar-refractivity contribution in [2.24, 2.45) is 5.92 Å². The third-order valence-corrected chi connectivity index (χ3v) is 4.39. The van der Waals surface area contributed by atoms with Gasteiger partial charge in [-0.25, -0.2) is 0 Å². The Balaban J connectivity index is 1.81. The van der Waals surface area contributed by atoms with E-state index in [0.717, 1.165) is 6.42 Å². The Bertz CT molecular complexity index is 275. The molecule has 3 fully saturated rings. The van der Waals surface area contributed by atoms with Gasteiger partial charge in [0.25, 0.3) is 0 Å². The van der Waals surface area contributed by atoms with Crippen LogP contribution in [-0.2, 0) is 4.79 Å². The summed E-state index contributed by atoms with van der Waals surface area (Å²) in [5, 5.41) is 9.27. The number of carbonyl (C=O) groups is 1. The first-order valence-electron chi connectivity index (χ1n) is 6.27. The second kappa shape index (κ2) is 3.48. The number of hydrogen-bond donors (Lipinski definition) is 1. The molecule has 2 saturated carbocycles. The molecule has 0 radical (unpaired) electrons. The van der Waals surface area contributed by atoms with Gasteiger partial charge in [-0.15, -0.1) is 0 Å². The van der Waals surface area contributed by atoms with Gasteiger partial charge in [0.1, 0.15) is 6.04 Å². The molecule has 3 unspecified atom stereocenters. The standard InChI is InChI=1S/C12H19NO2/c14-12(15)11-7-8-3-1-2-4-10(8)13(11)9-5-6-9/h8-11H,1-7H2,(H,14,15). The molecule has 84 valence electrons. The molecule has 15 heavy (non-hydrogen) atoms. The smallest absolute Gasteiger partial charge is 0.320 e. The van der Waals surface area contributed by atoms with Crippen LogP contribution in [0.5, 0.6) is 0 Å². The van der Waals surface area contributed by atoms with E-state index in [9.17, 15) is 9.90 Å². The molecule has 1 saturated heterocycles. The molecule has 2 aliphatic carbocycles. The highest BCUT2D eigenvalue weighted by Gasteiger charge is 2.50. The van der Waals surface area contributed by atoms with E-state index >= 15 is 0 Å². The number of carboxylic acids is 1. The highest BCUT2D eigenvalue weighted by atomic mass is 16.4. The van der Waals surface area contributed by atoms with Gasteiger partial charge in [-0.05, 0) is 38.0 Å². The van der Waals surface area contributed by atoms with E-state index in [2.05, 4.69) is 4.90 Å². The van der Waals surface area contributed by atoms with Crippen molar-refractivity contribution in [2.75, 3.05) is 0 Å². The maximum absolute atomic E-state index is 11.2.